The molecular weight excluding hydrogens is 454 g/mol. The van der Waals surface area contributed by atoms with E-state index in [2.05, 4.69) is 101 Å². The first kappa shape index (κ1) is 21.9. The molecule has 0 spiro atoms. The molecule has 182 valence electrons. The second-order valence-electron chi connectivity index (χ2n) is 10.1. The maximum Gasteiger partial charge on any atom is 0.163 e. The normalized spacial score (nSPS) is 19.2. The number of fused-ring (bicyclic) bond motifs is 4. The molecule has 4 aromatic carbocycles. The number of rotatable bonds is 3. The Bertz CT molecular complexity index is 1700. The molecule has 1 aromatic heterocycles. The minimum absolute atomic E-state index is 0.177. The number of Topliss-reactive ketones (excluding diaryl/α,β-unsaturated/α-hetero) is 1. The van der Waals surface area contributed by atoms with Crippen LogP contribution in [0.2, 0.25) is 0 Å². The Morgan fingerprint density at radius 1 is 0.757 bits per heavy atom. The highest BCUT2D eigenvalue weighted by Crippen LogP contribution is 2.45. The molecule has 2 N–H and O–H groups in total. The topological polar surface area (TPSA) is 46.1 Å². The molecule has 2 aliphatic rings. The summed E-state index contributed by atoms with van der Waals surface area (Å²) in [6.07, 6.45) is 1.34. The summed E-state index contributed by atoms with van der Waals surface area (Å²) in [6.45, 7) is 3.10. The lowest BCUT2D eigenvalue weighted by Crippen LogP contribution is -2.26. The van der Waals surface area contributed by atoms with Gasteiger partial charge in [0.1, 0.15) is 0 Å². The lowest BCUT2D eigenvalue weighted by atomic mass is 9.78. The van der Waals surface area contributed by atoms with Gasteiger partial charge >= 0.3 is 0 Å². The van der Waals surface area contributed by atoms with Crippen molar-refractivity contribution in [2.75, 3.05) is 10.6 Å². The molecule has 1 aliphatic carbocycles. The van der Waals surface area contributed by atoms with Crippen LogP contribution in [0.5, 0.6) is 0 Å². The summed E-state index contributed by atoms with van der Waals surface area (Å²) >= 11 is 0. The molecule has 4 nitrogen and oxygen atoms in total. The summed E-state index contributed by atoms with van der Waals surface area (Å²) in [5.41, 5.74) is 8.74. The highest BCUT2D eigenvalue weighted by molar-refractivity contribution is 6.08. The van der Waals surface area contributed by atoms with Crippen molar-refractivity contribution in [3.8, 4) is 0 Å². The molecular formula is C33H29N3O. The molecule has 4 heteroatoms. The SMILES string of the molecule is CCn1c2ccccc2c2cc(C3Nc4ccccc4NC4=C3C(=O)CC(c3ccccc3)C4)ccc21. The van der Waals surface area contributed by atoms with Crippen LogP contribution >= 0.6 is 0 Å². The quantitative estimate of drug-likeness (QED) is 0.275. The van der Waals surface area contributed by atoms with E-state index in [1.54, 1.807) is 0 Å². The lowest BCUT2D eigenvalue weighted by Gasteiger charge is -2.30. The smallest absolute Gasteiger partial charge is 0.163 e. The predicted octanol–water partition coefficient (Wildman–Crippen LogP) is 7.79. The summed E-state index contributed by atoms with van der Waals surface area (Å²) in [5.74, 6) is 0.389. The molecule has 7 rings (SSSR count). The second kappa shape index (κ2) is 8.67. The number of ketones is 1. The molecule has 0 radical (unpaired) electrons. The zero-order chi connectivity index (χ0) is 24.9. The van der Waals surface area contributed by atoms with Crippen LogP contribution < -0.4 is 10.6 Å². The molecule has 0 saturated heterocycles. The molecule has 0 fully saturated rings. The third-order valence-corrected chi connectivity index (χ3v) is 8.03. The molecule has 2 atom stereocenters. The lowest BCUT2D eigenvalue weighted by molar-refractivity contribution is -0.116. The summed E-state index contributed by atoms with van der Waals surface area (Å²) in [7, 11) is 0. The van der Waals surface area contributed by atoms with E-state index in [-0.39, 0.29) is 17.7 Å². The van der Waals surface area contributed by atoms with Crippen molar-refractivity contribution in [2.45, 2.75) is 38.3 Å². The van der Waals surface area contributed by atoms with E-state index in [1.165, 1.54) is 27.4 Å². The Morgan fingerprint density at radius 3 is 2.32 bits per heavy atom. The van der Waals surface area contributed by atoms with Crippen molar-refractivity contribution < 1.29 is 4.79 Å². The molecule has 2 unspecified atom stereocenters. The van der Waals surface area contributed by atoms with Crippen LogP contribution in [-0.4, -0.2) is 10.4 Å². The fraction of sp³-hybridized carbons (Fsp3) is 0.182. The Hall–Kier alpha value is -4.31. The summed E-state index contributed by atoms with van der Waals surface area (Å²) in [4.78, 5) is 13.9. The number of anilines is 2. The van der Waals surface area contributed by atoms with Crippen LogP contribution in [0.15, 0.2) is 108 Å². The van der Waals surface area contributed by atoms with Gasteiger partial charge in [-0.15, -0.1) is 0 Å². The number of carbonyl (C=O) groups excluding carboxylic acids is 1. The maximum absolute atomic E-state index is 13.9. The maximum atomic E-state index is 13.9. The number of aryl methyl sites for hydroxylation is 1. The standard InChI is InChI=1S/C33H29N3O/c1-2-36-29-15-9-6-12-24(29)25-18-22(16-17-30(25)36)33-32-28(34-26-13-7-8-14-27(26)35-33)19-23(20-31(32)37)21-10-4-3-5-11-21/h3-18,23,33-35H,2,19-20H2,1H3. The van der Waals surface area contributed by atoms with Gasteiger partial charge in [0, 0.05) is 46.0 Å². The Balaban J connectivity index is 1.40. The molecule has 1 aliphatic heterocycles. The van der Waals surface area contributed by atoms with Gasteiger partial charge in [-0.25, -0.2) is 0 Å². The molecule has 37 heavy (non-hydrogen) atoms. The Kier molecular flexibility index (Phi) is 5.14. The van der Waals surface area contributed by atoms with Crippen molar-refractivity contribution in [1.29, 1.82) is 0 Å². The van der Waals surface area contributed by atoms with Gasteiger partial charge in [0.15, 0.2) is 5.78 Å². The summed E-state index contributed by atoms with van der Waals surface area (Å²) in [6, 6.07) is 33.8. The van der Waals surface area contributed by atoms with Gasteiger partial charge in [0.05, 0.1) is 17.4 Å². The van der Waals surface area contributed by atoms with E-state index in [4.69, 9.17) is 0 Å². The first-order chi connectivity index (χ1) is 18.2. The number of allylic oxidation sites excluding steroid dienone is 1. The average molecular weight is 484 g/mol. The third-order valence-electron chi connectivity index (χ3n) is 8.03. The number of carbonyl (C=O) groups is 1. The van der Waals surface area contributed by atoms with Gasteiger partial charge in [-0.2, -0.15) is 0 Å². The van der Waals surface area contributed by atoms with Crippen LogP contribution in [0.25, 0.3) is 21.8 Å². The third kappa shape index (κ3) is 3.55. The van der Waals surface area contributed by atoms with Crippen molar-refractivity contribution in [3.05, 3.63) is 119 Å². The van der Waals surface area contributed by atoms with E-state index in [0.717, 1.165) is 41.2 Å². The number of hydrogen-bond donors (Lipinski definition) is 2. The van der Waals surface area contributed by atoms with E-state index < -0.39 is 0 Å². The highest BCUT2D eigenvalue weighted by atomic mass is 16.1. The molecule has 2 heterocycles. The molecule has 0 amide bonds. The zero-order valence-corrected chi connectivity index (χ0v) is 20.9. The minimum atomic E-state index is -0.219. The van der Waals surface area contributed by atoms with Crippen molar-refractivity contribution >= 4 is 39.0 Å². The number of aromatic nitrogens is 1. The fourth-order valence-electron chi connectivity index (χ4n) is 6.29. The first-order valence-corrected chi connectivity index (χ1v) is 13.2. The van der Waals surface area contributed by atoms with Crippen molar-refractivity contribution in [1.82, 2.24) is 4.57 Å². The highest BCUT2D eigenvalue weighted by Gasteiger charge is 2.36. The van der Waals surface area contributed by atoms with Crippen LogP contribution in [-0.2, 0) is 11.3 Å². The number of nitrogens with one attached hydrogen (secondary N) is 2. The van der Waals surface area contributed by atoms with Gasteiger partial charge in [0.25, 0.3) is 0 Å². The monoisotopic (exact) mass is 483 g/mol. The number of para-hydroxylation sites is 3. The second-order valence-corrected chi connectivity index (χ2v) is 10.1. The zero-order valence-electron chi connectivity index (χ0n) is 20.9. The van der Waals surface area contributed by atoms with Crippen LogP contribution in [0.1, 0.15) is 42.9 Å². The molecule has 0 saturated carbocycles. The van der Waals surface area contributed by atoms with E-state index in [9.17, 15) is 4.79 Å². The molecule has 0 bridgehead atoms. The summed E-state index contributed by atoms with van der Waals surface area (Å²) < 4.78 is 2.37. The van der Waals surface area contributed by atoms with Crippen molar-refractivity contribution in [2.24, 2.45) is 0 Å². The largest absolute Gasteiger partial charge is 0.372 e. The van der Waals surface area contributed by atoms with Crippen molar-refractivity contribution in [3.63, 3.8) is 0 Å². The number of nitrogens with zero attached hydrogens (tertiary/aromatic N) is 1. The Morgan fingerprint density at radius 2 is 1.49 bits per heavy atom. The van der Waals surface area contributed by atoms with E-state index >= 15 is 0 Å². The average Bonchev–Trinajstić information content (AvgIpc) is 3.15. The van der Waals surface area contributed by atoms with Crippen LogP contribution in [0.3, 0.4) is 0 Å². The van der Waals surface area contributed by atoms with Gasteiger partial charge in [-0.1, -0.05) is 66.7 Å². The van der Waals surface area contributed by atoms with Crippen LogP contribution in [0.4, 0.5) is 11.4 Å². The van der Waals surface area contributed by atoms with E-state index in [1.807, 2.05) is 18.2 Å². The van der Waals surface area contributed by atoms with Gasteiger partial charge in [-0.05, 0) is 60.7 Å². The van der Waals surface area contributed by atoms with Gasteiger partial charge in [0.2, 0.25) is 0 Å². The molecule has 5 aromatic rings. The van der Waals surface area contributed by atoms with Gasteiger partial charge < -0.3 is 15.2 Å². The fourth-order valence-corrected chi connectivity index (χ4v) is 6.29. The first-order valence-electron chi connectivity index (χ1n) is 13.2. The van der Waals surface area contributed by atoms with Crippen LogP contribution in [0, 0.1) is 0 Å². The number of hydrogen-bond acceptors (Lipinski definition) is 3. The predicted molar refractivity (Wildman–Crippen MR) is 152 cm³/mol. The Labute approximate surface area is 216 Å². The number of benzene rings is 4. The minimum Gasteiger partial charge on any atom is -0.372 e. The van der Waals surface area contributed by atoms with Gasteiger partial charge in [-0.3, -0.25) is 4.79 Å². The van der Waals surface area contributed by atoms with E-state index in [0.29, 0.717) is 6.42 Å². The summed E-state index contributed by atoms with van der Waals surface area (Å²) in [5, 5.41) is 9.89.